The molecule has 94 valence electrons. The first kappa shape index (κ1) is 12.8. The Morgan fingerprint density at radius 1 is 1.06 bits per heavy atom. The highest BCUT2D eigenvalue weighted by Gasteiger charge is 2.10. The summed E-state index contributed by atoms with van der Waals surface area (Å²) >= 11 is 0. The molecule has 0 radical (unpaired) electrons. The Hall–Kier alpha value is -1.64. The lowest BCUT2D eigenvalue weighted by Gasteiger charge is -2.13. The standard InChI is InChI=1S/C16H18O2/c1-12-6-8-14(9-7-12)16(17)15-5-3-4-13(10-15)11-18-2/h3-10,16-17H,11H2,1-2H3. The number of ether oxygens (including phenoxy) is 1. The molecule has 1 unspecified atom stereocenters. The van der Waals surface area contributed by atoms with Gasteiger partial charge >= 0.3 is 0 Å². The maximum Gasteiger partial charge on any atom is 0.104 e. The number of aliphatic hydroxyl groups excluding tert-OH is 1. The molecular formula is C16H18O2. The van der Waals surface area contributed by atoms with Gasteiger partial charge in [0.1, 0.15) is 6.10 Å². The Kier molecular flexibility index (Phi) is 4.13. The summed E-state index contributed by atoms with van der Waals surface area (Å²) in [5.74, 6) is 0. The molecule has 0 aliphatic carbocycles. The lowest BCUT2D eigenvalue weighted by atomic mass is 9.99. The first-order valence-electron chi connectivity index (χ1n) is 6.03. The lowest BCUT2D eigenvalue weighted by molar-refractivity contribution is 0.184. The Balaban J connectivity index is 2.24. The van der Waals surface area contributed by atoms with E-state index in [-0.39, 0.29) is 0 Å². The molecule has 0 aliphatic rings. The molecule has 2 aromatic rings. The highest BCUT2D eigenvalue weighted by atomic mass is 16.5. The maximum atomic E-state index is 10.3. The highest BCUT2D eigenvalue weighted by Crippen LogP contribution is 2.23. The van der Waals surface area contributed by atoms with Crippen LogP contribution in [-0.2, 0) is 11.3 Å². The fourth-order valence-corrected chi connectivity index (χ4v) is 1.96. The van der Waals surface area contributed by atoms with E-state index in [1.54, 1.807) is 7.11 Å². The molecule has 2 rings (SSSR count). The molecule has 0 amide bonds. The Labute approximate surface area is 108 Å². The monoisotopic (exact) mass is 242 g/mol. The molecule has 2 heteroatoms. The van der Waals surface area contributed by atoms with E-state index in [1.165, 1.54) is 5.56 Å². The van der Waals surface area contributed by atoms with E-state index >= 15 is 0 Å². The molecule has 18 heavy (non-hydrogen) atoms. The molecule has 0 saturated carbocycles. The minimum absolute atomic E-state index is 0.564. The number of hydrogen-bond acceptors (Lipinski definition) is 2. The number of aliphatic hydroxyl groups is 1. The van der Waals surface area contributed by atoms with Gasteiger partial charge in [-0.25, -0.2) is 0 Å². The molecule has 2 aromatic carbocycles. The van der Waals surface area contributed by atoms with Gasteiger partial charge in [-0.1, -0.05) is 54.1 Å². The molecule has 0 saturated heterocycles. The third-order valence-corrected chi connectivity index (χ3v) is 2.97. The van der Waals surface area contributed by atoms with Crippen LogP contribution in [0.1, 0.15) is 28.4 Å². The van der Waals surface area contributed by atoms with Crippen LogP contribution in [0.2, 0.25) is 0 Å². The third kappa shape index (κ3) is 2.97. The van der Waals surface area contributed by atoms with Gasteiger partial charge in [0.2, 0.25) is 0 Å². The van der Waals surface area contributed by atoms with E-state index in [2.05, 4.69) is 0 Å². The van der Waals surface area contributed by atoms with Crippen molar-refractivity contribution in [3.63, 3.8) is 0 Å². The van der Waals surface area contributed by atoms with Crippen molar-refractivity contribution in [1.29, 1.82) is 0 Å². The zero-order valence-electron chi connectivity index (χ0n) is 10.8. The third-order valence-electron chi connectivity index (χ3n) is 2.97. The molecule has 0 aliphatic heterocycles. The van der Waals surface area contributed by atoms with Crippen LogP contribution in [0, 0.1) is 6.92 Å². The van der Waals surface area contributed by atoms with E-state index in [0.717, 1.165) is 16.7 Å². The summed E-state index contributed by atoms with van der Waals surface area (Å²) in [6.07, 6.45) is -0.581. The molecule has 0 bridgehead atoms. The summed E-state index contributed by atoms with van der Waals surface area (Å²) in [5, 5.41) is 10.3. The second kappa shape index (κ2) is 5.80. The quantitative estimate of drug-likeness (QED) is 0.892. The fourth-order valence-electron chi connectivity index (χ4n) is 1.96. The van der Waals surface area contributed by atoms with E-state index in [0.29, 0.717) is 6.61 Å². The van der Waals surface area contributed by atoms with Crippen molar-refractivity contribution < 1.29 is 9.84 Å². The van der Waals surface area contributed by atoms with Crippen LogP contribution in [0.15, 0.2) is 48.5 Å². The largest absolute Gasteiger partial charge is 0.384 e. The van der Waals surface area contributed by atoms with Gasteiger partial charge in [-0.2, -0.15) is 0 Å². The average Bonchev–Trinajstić information content (AvgIpc) is 2.39. The number of benzene rings is 2. The van der Waals surface area contributed by atoms with Gasteiger partial charge in [0.15, 0.2) is 0 Å². The van der Waals surface area contributed by atoms with Crippen LogP contribution in [0.25, 0.3) is 0 Å². The fraction of sp³-hybridized carbons (Fsp3) is 0.250. The van der Waals surface area contributed by atoms with E-state index in [9.17, 15) is 5.11 Å². The molecule has 1 N–H and O–H groups in total. The Morgan fingerprint density at radius 3 is 2.44 bits per heavy atom. The van der Waals surface area contributed by atoms with Crippen molar-refractivity contribution in [2.45, 2.75) is 19.6 Å². The van der Waals surface area contributed by atoms with Gasteiger partial charge in [-0.3, -0.25) is 0 Å². The summed E-state index contributed by atoms with van der Waals surface area (Å²) in [7, 11) is 1.67. The Morgan fingerprint density at radius 2 is 1.78 bits per heavy atom. The zero-order valence-corrected chi connectivity index (χ0v) is 10.8. The Bertz CT molecular complexity index is 503. The van der Waals surface area contributed by atoms with E-state index in [1.807, 2.05) is 55.5 Å². The van der Waals surface area contributed by atoms with Crippen LogP contribution in [0.4, 0.5) is 0 Å². The highest BCUT2D eigenvalue weighted by molar-refractivity contribution is 5.33. The molecule has 0 heterocycles. The summed E-state index contributed by atoms with van der Waals surface area (Å²) < 4.78 is 5.10. The topological polar surface area (TPSA) is 29.5 Å². The van der Waals surface area contributed by atoms with Crippen molar-refractivity contribution in [3.8, 4) is 0 Å². The molecule has 0 spiro atoms. The van der Waals surface area contributed by atoms with Crippen LogP contribution < -0.4 is 0 Å². The van der Waals surface area contributed by atoms with E-state index < -0.39 is 6.10 Å². The second-order valence-corrected chi connectivity index (χ2v) is 4.49. The maximum absolute atomic E-state index is 10.3. The van der Waals surface area contributed by atoms with Crippen molar-refractivity contribution in [2.24, 2.45) is 0 Å². The van der Waals surface area contributed by atoms with E-state index in [4.69, 9.17) is 4.74 Å². The second-order valence-electron chi connectivity index (χ2n) is 4.49. The first-order chi connectivity index (χ1) is 8.70. The van der Waals surface area contributed by atoms with Crippen molar-refractivity contribution in [2.75, 3.05) is 7.11 Å². The number of aryl methyl sites for hydroxylation is 1. The number of hydrogen-bond donors (Lipinski definition) is 1. The molecule has 1 atom stereocenters. The summed E-state index contributed by atoms with van der Waals surface area (Å²) in [5.41, 5.74) is 4.07. The molecule has 0 fully saturated rings. The molecule has 0 aromatic heterocycles. The van der Waals surface area contributed by atoms with Crippen LogP contribution in [-0.4, -0.2) is 12.2 Å². The van der Waals surface area contributed by atoms with Crippen LogP contribution in [0.5, 0.6) is 0 Å². The zero-order chi connectivity index (χ0) is 13.0. The molecular weight excluding hydrogens is 224 g/mol. The number of methoxy groups -OCH3 is 1. The van der Waals surface area contributed by atoms with Crippen molar-refractivity contribution >= 4 is 0 Å². The van der Waals surface area contributed by atoms with Crippen molar-refractivity contribution in [3.05, 3.63) is 70.8 Å². The van der Waals surface area contributed by atoms with Gasteiger partial charge in [0, 0.05) is 7.11 Å². The SMILES string of the molecule is COCc1cccc(C(O)c2ccc(C)cc2)c1. The van der Waals surface area contributed by atoms with Crippen molar-refractivity contribution in [1.82, 2.24) is 0 Å². The summed E-state index contributed by atoms with van der Waals surface area (Å²) in [6.45, 7) is 2.60. The van der Waals surface area contributed by atoms with Gasteiger partial charge in [-0.05, 0) is 23.6 Å². The summed E-state index contributed by atoms with van der Waals surface area (Å²) in [4.78, 5) is 0. The lowest BCUT2D eigenvalue weighted by Crippen LogP contribution is -2.00. The smallest absolute Gasteiger partial charge is 0.104 e. The van der Waals surface area contributed by atoms with Gasteiger partial charge in [0.05, 0.1) is 6.61 Å². The average molecular weight is 242 g/mol. The first-order valence-corrected chi connectivity index (χ1v) is 6.03. The minimum Gasteiger partial charge on any atom is -0.384 e. The van der Waals surface area contributed by atoms with Gasteiger partial charge in [-0.15, -0.1) is 0 Å². The summed E-state index contributed by atoms with van der Waals surface area (Å²) in [6, 6.07) is 15.8. The predicted octanol–water partition coefficient (Wildman–Crippen LogP) is 3.22. The van der Waals surface area contributed by atoms with Gasteiger partial charge in [0.25, 0.3) is 0 Å². The predicted molar refractivity (Wildman–Crippen MR) is 72.4 cm³/mol. The van der Waals surface area contributed by atoms with Crippen LogP contribution in [0.3, 0.4) is 0 Å². The normalized spacial score (nSPS) is 12.4. The molecule has 2 nitrogen and oxygen atoms in total. The number of rotatable bonds is 4. The van der Waals surface area contributed by atoms with Crippen LogP contribution >= 0.6 is 0 Å². The van der Waals surface area contributed by atoms with Gasteiger partial charge < -0.3 is 9.84 Å². The minimum atomic E-state index is -0.581.